The van der Waals surface area contributed by atoms with E-state index in [4.69, 9.17) is 15.2 Å². The molecular formula is C14H23NO2. The molecular weight excluding hydrogens is 214 g/mol. The molecule has 0 fully saturated rings. The molecule has 1 unspecified atom stereocenters. The van der Waals surface area contributed by atoms with Crippen molar-refractivity contribution in [3.05, 3.63) is 34.9 Å². The average Bonchev–Trinajstić information content (AvgIpc) is 2.28. The van der Waals surface area contributed by atoms with Crippen molar-refractivity contribution < 1.29 is 9.47 Å². The number of hydrogen-bond acceptors (Lipinski definition) is 3. The van der Waals surface area contributed by atoms with Gasteiger partial charge in [0.2, 0.25) is 0 Å². The molecule has 1 atom stereocenters. The summed E-state index contributed by atoms with van der Waals surface area (Å²) in [6.07, 6.45) is 0. The summed E-state index contributed by atoms with van der Waals surface area (Å²) in [7, 11) is 0. The van der Waals surface area contributed by atoms with E-state index in [0.717, 1.165) is 12.2 Å². The summed E-state index contributed by atoms with van der Waals surface area (Å²) in [5.74, 6) is 0. The van der Waals surface area contributed by atoms with Gasteiger partial charge in [0.25, 0.3) is 0 Å². The number of benzene rings is 1. The van der Waals surface area contributed by atoms with Crippen molar-refractivity contribution in [2.45, 2.75) is 26.8 Å². The maximum atomic E-state index is 6.09. The zero-order chi connectivity index (χ0) is 12.7. The first-order chi connectivity index (χ1) is 8.15. The van der Waals surface area contributed by atoms with E-state index in [2.05, 4.69) is 32.0 Å². The summed E-state index contributed by atoms with van der Waals surface area (Å²) in [6, 6.07) is 6.26. The fraction of sp³-hybridized carbons (Fsp3) is 0.571. The van der Waals surface area contributed by atoms with Gasteiger partial charge >= 0.3 is 0 Å². The molecule has 0 spiro atoms. The van der Waals surface area contributed by atoms with Gasteiger partial charge in [0.05, 0.1) is 25.9 Å². The lowest BCUT2D eigenvalue weighted by Gasteiger charge is -2.15. The Labute approximate surface area is 104 Å². The predicted octanol–water partition coefficient (Wildman–Crippen LogP) is 2.36. The number of ether oxygens (including phenoxy) is 2. The molecule has 3 nitrogen and oxygen atoms in total. The first kappa shape index (κ1) is 14.2. The fourth-order valence-electron chi connectivity index (χ4n) is 1.80. The minimum absolute atomic E-state index is 0.0581. The lowest BCUT2D eigenvalue weighted by atomic mass is 10.0. The summed E-state index contributed by atoms with van der Waals surface area (Å²) < 4.78 is 10.7. The molecule has 17 heavy (non-hydrogen) atoms. The molecule has 0 amide bonds. The summed E-state index contributed by atoms with van der Waals surface area (Å²) in [6.45, 7) is 8.65. The van der Waals surface area contributed by atoms with Crippen molar-refractivity contribution in [2.75, 3.05) is 26.4 Å². The van der Waals surface area contributed by atoms with E-state index in [0.29, 0.717) is 19.8 Å². The Balaban J connectivity index is 2.38. The molecule has 3 heteroatoms. The van der Waals surface area contributed by atoms with E-state index in [1.807, 2.05) is 6.92 Å². The zero-order valence-corrected chi connectivity index (χ0v) is 11.0. The van der Waals surface area contributed by atoms with Crippen LogP contribution in [0, 0.1) is 13.8 Å². The topological polar surface area (TPSA) is 44.5 Å². The molecule has 1 rings (SSSR count). The van der Waals surface area contributed by atoms with E-state index in [1.165, 1.54) is 11.1 Å². The van der Waals surface area contributed by atoms with Crippen LogP contribution in [0.15, 0.2) is 18.2 Å². The molecule has 1 aromatic rings. The SMILES string of the molecule is CCOCCOCC(N)c1ccc(C)cc1C. The van der Waals surface area contributed by atoms with Crippen LogP contribution in [-0.2, 0) is 9.47 Å². The van der Waals surface area contributed by atoms with Gasteiger partial charge < -0.3 is 15.2 Å². The van der Waals surface area contributed by atoms with Crippen molar-refractivity contribution in [1.29, 1.82) is 0 Å². The van der Waals surface area contributed by atoms with Crippen LogP contribution in [-0.4, -0.2) is 26.4 Å². The van der Waals surface area contributed by atoms with Gasteiger partial charge in [-0.05, 0) is 31.9 Å². The highest BCUT2D eigenvalue weighted by Gasteiger charge is 2.08. The van der Waals surface area contributed by atoms with Crippen molar-refractivity contribution in [3.63, 3.8) is 0 Å². The molecule has 0 aliphatic rings. The highest BCUT2D eigenvalue weighted by atomic mass is 16.5. The molecule has 2 N–H and O–H groups in total. The lowest BCUT2D eigenvalue weighted by Crippen LogP contribution is -2.19. The first-order valence-corrected chi connectivity index (χ1v) is 6.13. The van der Waals surface area contributed by atoms with Crippen molar-refractivity contribution in [3.8, 4) is 0 Å². The van der Waals surface area contributed by atoms with Crippen LogP contribution in [0.4, 0.5) is 0 Å². The number of rotatable bonds is 7. The van der Waals surface area contributed by atoms with Crippen LogP contribution < -0.4 is 5.73 Å². The normalized spacial score (nSPS) is 12.7. The molecule has 96 valence electrons. The highest BCUT2D eigenvalue weighted by Crippen LogP contribution is 2.17. The Morgan fingerprint density at radius 1 is 1.18 bits per heavy atom. The Hall–Kier alpha value is -0.900. The summed E-state index contributed by atoms with van der Waals surface area (Å²) in [5, 5.41) is 0. The Morgan fingerprint density at radius 2 is 1.88 bits per heavy atom. The molecule has 0 saturated carbocycles. The minimum atomic E-state index is -0.0581. The van der Waals surface area contributed by atoms with Crippen molar-refractivity contribution >= 4 is 0 Å². The average molecular weight is 237 g/mol. The zero-order valence-electron chi connectivity index (χ0n) is 11.0. The van der Waals surface area contributed by atoms with E-state index < -0.39 is 0 Å². The molecule has 0 aliphatic carbocycles. The van der Waals surface area contributed by atoms with Crippen LogP contribution in [0.5, 0.6) is 0 Å². The fourth-order valence-corrected chi connectivity index (χ4v) is 1.80. The third kappa shape index (κ3) is 4.86. The lowest BCUT2D eigenvalue weighted by molar-refractivity contribution is 0.0472. The molecule has 0 heterocycles. The van der Waals surface area contributed by atoms with Gasteiger partial charge in [-0.2, -0.15) is 0 Å². The second kappa shape index (κ2) is 7.43. The van der Waals surface area contributed by atoms with E-state index in [1.54, 1.807) is 0 Å². The number of nitrogens with two attached hydrogens (primary N) is 1. The molecule has 0 aliphatic heterocycles. The van der Waals surface area contributed by atoms with Crippen LogP contribution >= 0.6 is 0 Å². The second-order valence-corrected chi connectivity index (χ2v) is 4.24. The second-order valence-electron chi connectivity index (χ2n) is 4.24. The van der Waals surface area contributed by atoms with Gasteiger partial charge in [-0.3, -0.25) is 0 Å². The minimum Gasteiger partial charge on any atom is -0.379 e. The molecule has 0 saturated heterocycles. The van der Waals surface area contributed by atoms with Gasteiger partial charge in [-0.25, -0.2) is 0 Å². The van der Waals surface area contributed by atoms with Crippen LogP contribution in [0.2, 0.25) is 0 Å². The van der Waals surface area contributed by atoms with E-state index in [9.17, 15) is 0 Å². The smallest absolute Gasteiger partial charge is 0.0701 e. The summed E-state index contributed by atoms with van der Waals surface area (Å²) in [5.41, 5.74) is 9.74. The molecule has 1 aromatic carbocycles. The van der Waals surface area contributed by atoms with Crippen molar-refractivity contribution in [2.24, 2.45) is 5.73 Å². The Morgan fingerprint density at radius 3 is 2.53 bits per heavy atom. The Bertz CT molecular complexity index is 339. The third-order valence-electron chi connectivity index (χ3n) is 2.70. The van der Waals surface area contributed by atoms with Crippen LogP contribution in [0.1, 0.15) is 29.7 Å². The van der Waals surface area contributed by atoms with Crippen LogP contribution in [0.25, 0.3) is 0 Å². The molecule has 0 aromatic heterocycles. The van der Waals surface area contributed by atoms with Gasteiger partial charge in [0, 0.05) is 6.61 Å². The number of hydrogen-bond donors (Lipinski definition) is 1. The standard InChI is InChI=1S/C14H23NO2/c1-4-16-7-8-17-10-14(15)13-6-5-11(2)9-12(13)3/h5-6,9,14H,4,7-8,10,15H2,1-3H3. The molecule has 0 radical (unpaired) electrons. The quantitative estimate of drug-likeness (QED) is 0.740. The summed E-state index contributed by atoms with van der Waals surface area (Å²) >= 11 is 0. The highest BCUT2D eigenvalue weighted by molar-refractivity contribution is 5.32. The van der Waals surface area contributed by atoms with Gasteiger partial charge in [-0.15, -0.1) is 0 Å². The van der Waals surface area contributed by atoms with E-state index in [-0.39, 0.29) is 6.04 Å². The monoisotopic (exact) mass is 237 g/mol. The third-order valence-corrected chi connectivity index (χ3v) is 2.70. The predicted molar refractivity (Wildman–Crippen MR) is 70.2 cm³/mol. The van der Waals surface area contributed by atoms with Crippen LogP contribution in [0.3, 0.4) is 0 Å². The van der Waals surface area contributed by atoms with Gasteiger partial charge in [0.1, 0.15) is 0 Å². The van der Waals surface area contributed by atoms with Gasteiger partial charge in [-0.1, -0.05) is 23.8 Å². The van der Waals surface area contributed by atoms with Gasteiger partial charge in [0.15, 0.2) is 0 Å². The maximum absolute atomic E-state index is 6.09. The Kier molecular flexibility index (Phi) is 6.19. The largest absolute Gasteiger partial charge is 0.379 e. The van der Waals surface area contributed by atoms with Crippen molar-refractivity contribution in [1.82, 2.24) is 0 Å². The summed E-state index contributed by atoms with van der Waals surface area (Å²) in [4.78, 5) is 0. The maximum Gasteiger partial charge on any atom is 0.0701 e. The first-order valence-electron chi connectivity index (χ1n) is 6.13. The molecule has 0 bridgehead atoms. The van der Waals surface area contributed by atoms with E-state index >= 15 is 0 Å². The number of aryl methyl sites for hydroxylation is 2.